The van der Waals surface area contributed by atoms with Crippen LogP contribution in [-0.2, 0) is 17.6 Å². The van der Waals surface area contributed by atoms with Crippen LogP contribution in [0.4, 0.5) is 5.69 Å². The minimum Gasteiger partial charge on any atom is -0.466 e. The van der Waals surface area contributed by atoms with Gasteiger partial charge in [-0.25, -0.2) is 0 Å². The van der Waals surface area contributed by atoms with Crippen molar-refractivity contribution in [3.63, 3.8) is 0 Å². The predicted octanol–water partition coefficient (Wildman–Crippen LogP) is 2.81. The zero-order chi connectivity index (χ0) is 14.1. The molecule has 1 aromatic carbocycles. The molecule has 1 atom stereocenters. The van der Waals surface area contributed by atoms with Crippen molar-refractivity contribution in [2.45, 2.75) is 32.3 Å². The lowest BCUT2D eigenvalue weighted by Gasteiger charge is -2.23. The summed E-state index contributed by atoms with van der Waals surface area (Å²) >= 11 is 0. The van der Waals surface area contributed by atoms with Gasteiger partial charge in [0.05, 0.1) is 12.0 Å². The highest BCUT2D eigenvalue weighted by Crippen LogP contribution is 2.35. The molecular weight excluding hydrogens is 254 g/mol. The van der Waals surface area contributed by atoms with Crippen LogP contribution >= 0.6 is 0 Å². The highest BCUT2D eigenvalue weighted by atomic mass is 16.4. The Balaban J connectivity index is 2.10. The standard InChI is InChI=1S/C16H17NO3/c1-2-10-8-11-5-6-14(18)17-15(11)12(9-10)16(19)13-4-3-7-20-13/h3-4,7-9,16,19H,2,5-6H2,1H3,(H,17,18). The van der Waals surface area contributed by atoms with Crippen LogP contribution in [0.5, 0.6) is 0 Å². The Labute approximate surface area is 117 Å². The maximum atomic E-state index is 11.6. The second kappa shape index (κ2) is 5.13. The lowest BCUT2D eigenvalue weighted by Crippen LogP contribution is -2.21. The summed E-state index contributed by atoms with van der Waals surface area (Å²) in [6, 6.07) is 7.53. The number of carbonyl (C=O) groups excluding carboxylic acids is 1. The molecule has 2 aromatic rings. The number of amides is 1. The Morgan fingerprint density at radius 3 is 2.95 bits per heavy atom. The van der Waals surface area contributed by atoms with E-state index in [-0.39, 0.29) is 5.91 Å². The Bertz CT molecular complexity index is 631. The molecule has 0 bridgehead atoms. The molecule has 2 N–H and O–H groups in total. The largest absolute Gasteiger partial charge is 0.466 e. The van der Waals surface area contributed by atoms with E-state index in [1.807, 2.05) is 6.07 Å². The summed E-state index contributed by atoms with van der Waals surface area (Å²) in [7, 11) is 0. The fourth-order valence-electron chi connectivity index (χ4n) is 2.61. The quantitative estimate of drug-likeness (QED) is 0.902. The molecule has 0 aliphatic carbocycles. The van der Waals surface area contributed by atoms with Crippen LogP contribution in [0.1, 0.15) is 41.9 Å². The Morgan fingerprint density at radius 1 is 1.40 bits per heavy atom. The molecule has 1 unspecified atom stereocenters. The average Bonchev–Trinajstić information content (AvgIpc) is 2.99. The van der Waals surface area contributed by atoms with E-state index >= 15 is 0 Å². The number of nitrogens with one attached hydrogen (secondary N) is 1. The molecule has 0 spiro atoms. The van der Waals surface area contributed by atoms with E-state index < -0.39 is 6.10 Å². The lowest BCUT2D eigenvalue weighted by atomic mass is 9.92. The molecule has 1 aromatic heterocycles. The molecule has 4 nitrogen and oxygen atoms in total. The predicted molar refractivity (Wildman–Crippen MR) is 75.5 cm³/mol. The molecule has 1 amide bonds. The number of carbonyl (C=O) groups is 1. The summed E-state index contributed by atoms with van der Waals surface area (Å²) in [5, 5.41) is 13.4. The van der Waals surface area contributed by atoms with Gasteiger partial charge in [-0.15, -0.1) is 0 Å². The van der Waals surface area contributed by atoms with Crippen molar-refractivity contribution in [2.24, 2.45) is 0 Å². The zero-order valence-electron chi connectivity index (χ0n) is 11.3. The number of hydrogen-bond donors (Lipinski definition) is 2. The van der Waals surface area contributed by atoms with E-state index in [2.05, 4.69) is 18.3 Å². The van der Waals surface area contributed by atoms with Crippen LogP contribution in [-0.4, -0.2) is 11.0 Å². The fourth-order valence-corrected chi connectivity index (χ4v) is 2.61. The first-order valence-electron chi connectivity index (χ1n) is 6.86. The number of benzene rings is 1. The first-order chi connectivity index (χ1) is 9.69. The van der Waals surface area contributed by atoms with Gasteiger partial charge in [0.15, 0.2) is 0 Å². The summed E-state index contributed by atoms with van der Waals surface area (Å²) < 4.78 is 5.28. The molecule has 1 aliphatic rings. The van der Waals surface area contributed by atoms with Gasteiger partial charge in [0.2, 0.25) is 5.91 Å². The topological polar surface area (TPSA) is 62.5 Å². The molecule has 2 heterocycles. The van der Waals surface area contributed by atoms with E-state index in [1.165, 1.54) is 6.26 Å². The summed E-state index contributed by atoms with van der Waals surface area (Å²) in [5.74, 6) is 0.481. The fraction of sp³-hybridized carbons (Fsp3) is 0.312. The third-order valence-corrected chi connectivity index (χ3v) is 3.71. The number of rotatable bonds is 3. The third-order valence-electron chi connectivity index (χ3n) is 3.71. The van der Waals surface area contributed by atoms with Crippen molar-refractivity contribution >= 4 is 11.6 Å². The van der Waals surface area contributed by atoms with Crippen molar-refractivity contribution in [1.82, 2.24) is 0 Å². The molecule has 3 rings (SSSR count). The van der Waals surface area contributed by atoms with Crippen LogP contribution in [0.25, 0.3) is 0 Å². The first-order valence-corrected chi connectivity index (χ1v) is 6.86. The lowest BCUT2D eigenvalue weighted by molar-refractivity contribution is -0.116. The van der Waals surface area contributed by atoms with Crippen molar-refractivity contribution < 1.29 is 14.3 Å². The van der Waals surface area contributed by atoms with Gasteiger partial charge in [0.1, 0.15) is 11.9 Å². The Kier molecular flexibility index (Phi) is 3.32. The molecule has 0 radical (unpaired) electrons. The molecule has 1 aliphatic heterocycles. The van der Waals surface area contributed by atoms with Crippen molar-refractivity contribution in [1.29, 1.82) is 0 Å². The van der Waals surface area contributed by atoms with Crippen molar-refractivity contribution in [2.75, 3.05) is 5.32 Å². The normalized spacial score (nSPS) is 15.6. The van der Waals surface area contributed by atoms with Gasteiger partial charge in [0.25, 0.3) is 0 Å². The monoisotopic (exact) mass is 271 g/mol. The second-order valence-electron chi connectivity index (χ2n) is 5.04. The van der Waals surface area contributed by atoms with Crippen LogP contribution < -0.4 is 5.32 Å². The van der Waals surface area contributed by atoms with Gasteiger partial charge in [0, 0.05) is 12.0 Å². The van der Waals surface area contributed by atoms with Gasteiger partial charge < -0.3 is 14.8 Å². The van der Waals surface area contributed by atoms with Crippen LogP contribution in [0.2, 0.25) is 0 Å². The number of anilines is 1. The molecule has 4 heteroatoms. The van der Waals surface area contributed by atoms with Crippen LogP contribution in [0, 0.1) is 0 Å². The molecular formula is C16H17NO3. The van der Waals surface area contributed by atoms with Gasteiger partial charge in [-0.1, -0.05) is 19.1 Å². The van der Waals surface area contributed by atoms with Crippen molar-refractivity contribution in [3.8, 4) is 0 Å². The van der Waals surface area contributed by atoms with E-state index in [0.29, 0.717) is 24.2 Å². The molecule has 104 valence electrons. The highest BCUT2D eigenvalue weighted by Gasteiger charge is 2.24. The second-order valence-corrected chi connectivity index (χ2v) is 5.04. The van der Waals surface area contributed by atoms with E-state index in [0.717, 1.165) is 23.2 Å². The zero-order valence-corrected chi connectivity index (χ0v) is 11.3. The number of aliphatic hydroxyl groups excluding tert-OH is 1. The van der Waals surface area contributed by atoms with E-state index in [1.54, 1.807) is 12.1 Å². The third kappa shape index (κ3) is 2.23. The minimum atomic E-state index is -0.858. The Morgan fingerprint density at radius 2 is 2.25 bits per heavy atom. The number of fused-ring (bicyclic) bond motifs is 1. The van der Waals surface area contributed by atoms with Crippen LogP contribution in [0.15, 0.2) is 34.9 Å². The van der Waals surface area contributed by atoms with Gasteiger partial charge in [-0.2, -0.15) is 0 Å². The van der Waals surface area contributed by atoms with Gasteiger partial charge in [-0.05, 0) is 36.1 Å². The van der Waals surface area contributed by atoms with E-state index in [4.69, 9.17) is 4.42 Å². The summed E-state index contributed by atoms with van der Waals surface area (Å²) in [4.78, 5) is 11.6. The molecule has 0 saturated carbocycles. The maximum Gasteiger partial charge on any atom is 0.224 e. The average molecular weight is 271 g/mol. The Hall–Kier alpha value is -2.07. The number of aryl methyl sites for hydroxylation is 2. The van der Waals surface area contributed by atoms with Gasteiger partial charge in [-0.3, -0.25) is 4.79 Å². The maximum absolute atomic E-state index is 11.6. The van der Waals surface area contributed by atoms with Crippen molar-refractivity contribution in [3.05, 3.63) is 53.0 Å². The molecule has 0 saturated heterocycles. The van der Waals surface area contributed by atoms with Gasteiger partial charge >= 0.3 is 0 Å². The number of aliphatic hydroxyl groups is 1. The summed E-state index contributed by atoms with van der Waals surface area (Å²) in [6.45, 7) is 2.08. The highest BCUT2D eigenvalue weighted by molar-refractivity contribution is 5.95. The first kappa shape index (κ1) is 12.9. The smallest absolute Gasteiger partial charge is 0.224 e. The summed E-state index contributed by atoms with van der Waals surface area (Å²) in [6.07, 6.45) is 2.78. The summed E-state index contributed by atoms with van der Waals surface area (Å²) in [5.41, 5.74) is 3.69. The SMILES string of the molecule is CCc1cc2c(c(C(O)c3ccco3)c1)NC(=O)CC2. The van der Waals surface area contributed by atoms with Crippen LogP contribution in [0.3, 0.4) is 0 Å². The number of furan rings is 1. The van der Waals surface area contributed by atoms with E-state index in [9.17, 15) is 9.90 Å². The number of hydrogen-bond acceptors (Lipinski definition) is 3. The molecule has 20 heavy (non-hydrogen) atoms. The molecule has 0 fully saturated rings. The minimum absolute atomic E-state index is 0.00496.